The van der Waals surface area contributed by atoms with Gasteiger partial charge in [-0.05, 0) is 51.9 Å². The van der Waals surface area contributed by atoms with E-state index in [1.165, 1.54) is 19.3 Å². The molecular formula is C16H25N3O2. The van der Waals surface area contributed by atoms with E-state index in [2.05, 4.69) is 16.7 Å². The highest BCUT2D eigenvalue weighted by molar-refractivity contribution is 5.68. The Morgan fingerprint density at radius 3 is 2.71 bits per heavy atom. The van der Waals surface area contributed by atoms with E-state index in [1.54, 1.807) is 18.9 Å². The molecule has 0 aromatic carbocycles. The summed E-state index contributed by atoms with van der Waals surface area (Å²) in [7, 11) is 0. The molecule has 3 aliphatic rings. The maximum atomic E-state index is 12.2. The van der Waals surface area contributed by atoms with Crippen LogP contribution in [-0.2, 0) is 4.74 Å². The number of nitrogens with one attached hydrogen (secondary N) is 2. The number of terminal acetylenes is 1. The maximum absolute atomic E-state index is 12.2. The summed E-state index contributed by atoms with van der Waals surface area (Å²) >= 11 is 0. The molecule has 2 saturated carbocycles. The lowest BCUT2D eigenvalue weighted by Crippen LogP contribution is -2.45. The van der Waals surface area contributed by atoms with Gasteiger partial charge >= 0.3 is 6.09 Å². The summed E-state index contributed by atoms with van der Waals surface area (Å²) in [5, 5.41) is 5.31. The zero-order valence-electron chi connectivity index (χ0n) is 12.9. The molecule has 0 radical (unpaired) electrons. The molecule has 3 atom stereocenters. The topological polar surface area (TPSA) is 53.6 Å². The number of hydrazine groups is 1. The molecule has 1 amide bonds. The van der Waals surface area contributed by atoms with Crippen LogP contribution in [0.25, 0.3) is 0 Å². The fraction of sp³-hybridized carbons (Fsp3) is 0.812. The highest BCUT2D eigenvalue weighted by atomic mass is 16.6. The summed E-state index contributed by atoms with van der Waals surface area (Å²) in [5.41, 5.74) is 2.43. The van der Waals surface area contributed by atoms with Crippen LogP contribution in [0.3, 0.4) is 0 Å². The summed E-state index contributed by atoms with van der Waals surface area (Å²) in [6, 6.07) is 1.75. The van der Waals surface area contributed by atoms with Crippen LogP contribution in [0, 0.1) is 18.3 Å². The van der Waals surface area contributed by atoms with Gasteiger partial charge in [0.15, 0.2) is 5.60 Å². The minimum Gasteiger partial charge on any atom is -0.429 e. The van der Waals surface area contributed by atoms with Gasteiger partial charge in [0, 0.05) is 24.7 Å². The molecule has 1 saturated heterocycles. The second-order valence-corrected chi connectivity index (χ2v) is 7.08. The zero-order chi connectivity index (χ0) is 15.0. The molecule has 3 unspecified atom stereocenters. The molecule has 3 rings (SSSR count). The highest BCUT2D eigenvalue weighted by Gasteiger charge is 2.41. The van der Waals surface area contributed by atoms with Crippen molar-refractivity contribution in [2.24, 2.45) is 5.92 Å². The highest BCUT2D eigenvalue weighted by Crippen LogP contribution is 2.32. The number of nitrogens with zero attached hydrogens (tertiary/aromatic N) is 1. The minimum absolute atomic E-state index is 0.362. The summed E-state index contributed by atoms with van der Waals surface area (Å²) in [6.45, 7) is 4.17. The summed E-state index contributed by atoms with van der Waals surface area (Å²) in [5.74, 6) is 3.00. The number of rotatable bonds is 3. The maximum Gasteiger partial charge on any atom is 0.425 e. The number of fused-ring (bicyclic) bond motifs is 1. The van der Waals surface area contributed by atoms with E-state index >= 15 is 0 Å². The van der Waals surface area contributed by atoms with Gasteiger partial charge in [0.25, 0.3) is 0 Å². The van der Waals surface area contributed by atoms with Gasteiger partial charge in [-0.2, -0.15) is 0 Å². The van der Waals surface area contributed by atoms with Crippen LogP contribution in [0.4, 0.5) is 4.79 Å². The second kappa shape index (κ2) is 5.51. The Bertz CT molecular complexity index is 453. The molecule has 2 aliphatic carbocycles. The first-order chi connectivity index (χ1) is 9.97. The van der Waals surface area contributed by atoms with Gasteiger partial charge in [0.05, 0.1) is 0 Å². The molecule has 1 aliphatic heterocycles. The Labute approximate surface area is 126 Å². The third-order valence-corrected chi connectivity index (χ3v) is 4.68. The van der Waals surface area contributed by atoms with Crippen LogP contribution >= 0.6 is 0 Å². The smallest absolute Gasteiger partial charge is 0.425 e. The Kier molecular flexibility index (Phi) is 3.85. The van der Waals surface area contributed by atoms with Crippen molar-refractivity contribution in [3.63, 3.8) is 0 Å². The molecule has 3 fully saturated rings. The third kappa shape index (κ3) is 3.50. The van der Waals surface area contributed by atoms with E-state index < -0.39 is 5.60 Å². The average molecular weight is 291 g/mol. The molecule has 0 aromatic rings. The van der Waals surface area contributed by atoms with Gasteiger partial charge in [-0.15, -0.1) is 6.42 Å². The van der Waals surface area contributed by atoms with Gasteiger partial charge in [0.2, 0.25) is 0 Å². The molecule has 5 nitrogen and oxygen atoms in total. The molecule has 2 N–H and O–H groups in total. The Balaban J connectivity index is 1.52. The second-order valence-electron chi connectivity index (χ2n) is 7.08. The van der Waals surface area contributed by atoms with E-state index in [1.807, 2.05) is 0 Å². The standard InChI is InChI=1S/C16H25N3O2/c1-4-16(2,3)21-15(20)19-10-11-9-13(17-12-5-6-12)7-8-14(11)18-19/h1,11-14,17-18H,5-10H2,2-3H3. The first-order valence-electron chi connectivity index (χ1n) is 7.97. The van der Waals surface area contributed by atoms with Gasteiger partial charge in [-0.25, -0.2) is 15.2 Å². The summed E-state index contributed by atoms with van der Waals surface area (Å²) in [6.07, 6.45) is 11.1. The van der Waals surface area contributed by atoms with Crippen molar-refractivity contribution in [1.82, 2.24) is 15.8 Å². The van der Waals surface area contributed by atoms with Crippen LogP contribution in [-0.4, -0.2) is 41.4 Å². The van der Waals surface area contributed by atoms with Crippen molar-refractivity contribution in [1.29, 1.82) is 0 Å². The number of amides is 1. The van der Waals surface area contributed by atoms with E-state index in [-0.39, 0.29) is 6.09 Å². The van der Waals surface area contributed by atoms with E-state index in [4.69, 9.17) is 11.2 Å². The van der Waals surface area contributed by atoms with Crippen molar-refractivity contribution in [2.75, 3.05) is 6.54 Å². The lowest BCUT2D eigenvalue weighted by atomic mass is 9.83. The van der Waals surface area contributed by atoms with Crippen molar-refractivity contribution in [3.8, 4) is 12.3 Å². The number of carbonyl (C=O) groups is 1. The van der Waals surface area contributed by atoms with Crippen molar-refractivity contribution < 1.29 is 9.53 Å². The molecule has 0 spiro atoms. The Hall–Kier alpha value is -1.25. The van der Waals surface area contributed by atoms with Gasteiger partial charge < -0.3 is 10.1 Å². The molecular weight excluding hydrogens is 266 g/mol. The molecule has 21 heavy (non-hydrogen) atoms. The lowest BCUT2D eigenvalue weighted by molar-refractivity contribution is 0.0396. The van der Waals surface area contributed by atoms with Crippen LogP contribution in [0.15, 0.2) is 0 Å². The zero-order valence-corrected chi connectivity index (χ0v) is 12.9. The Morgan fingerprint density at radius 2 is 2.05 bits per heavy atom. The van der Waals surface area contributed by atoms with Gasteiger partial charge in [0.1, 0.15) is 0 Å². The Morgan fingerprint density at radius 1 is 1.33 bits per heavy atom. The monoisotopic (exact) mass is 291 g/mol. The molecule has 5 heteroatoms. The predicted molar refractivity (Wildman–Crippen MR) is 80.3 cm³/mol. The van der Waals surface area contributed by atoms with Gasteiger partial charge in [-0.3, -0.25) is 0 Å². The first-order valence-corrected chi connectivity index (χ1v) is 7.97. The van der Waals surface area contributed by atoms with E-state index in [0.29, 0.717) is 24.5 Å². The SMILES string of the molecule is C#CC(C)(C)OC(=O)N1CC2CC(NC3CC3)CCC2N1. The van der Waals surface area contributed by atoms with Crippen LogP contribution in [0.5, 0.6) is 0 Å². The van der Waals surface area contributed by atoms with E-state index in [9.17, 15) is 4.79 Å². The van der Waals surface area contributed by atoms with Gasteiger partial charge in [-0.1, -0.05) is 5.92 Å². The minimum atomic E-state index is -0.859. The van der Waals surface area contributed by atoms with Crippen LogP contribution < -0.4 is 10.7 Å². The average Bonchev–Trinajstić information content (AvgIpc) is 3.14. The summed E-state index contributed by atoms with van der Waals surface area (Å²) < 4.78 is 5.35. The fourth-order valence-electron chi connectivity index (χ4n) is 3.29. The van der Waals surface area contributed by atoms with E-state index in [0.717, 1.165) is 18.9 Å². The molecule has 0 aromatic heterocycles. The molecule has 0 bridgehead atoms. The normalized spacial score (nSPS) is 32.4. The summed E-state index contributed by atoms with van der Waals surface area (Å²) in [4.78, 5) is 12.2. The number of hydrogen-bond donors (Lipinski definition) is 2. The van der Waals surface area contributed by atoms with Crippen molar-refractivity contribution in [2.45, 2.75) is 69.7 Å². The largest absolute Gasteiger partial charge is 0.429 e. The van der Waals surface area contributed by atoms with Crippen molar-refractivity contribution >= 4 is 6.09 Å². The number of ether oxygens (including phenoxy) is 1. The third-order valence-electron chi connectivity index (χ3n) is 4.68. The quantitative estimate of drug-likeness (QED) is 0.776. The molecule has 1 heterocycles. The number of carbonyl (C=O) groups excluding carboxylic acids is 1. The predicted octanol–water partition coefficient (Wildman–Crippen LogP) is 1.64. The van der Waals surface area contributed by atoms with Crippen molar-refractivity contribution in [3.05, 3.63) is 0 Å². The number of hydrogen-bond acceptors (Lipinski definition) is 4. The lowest BCUT2D eigenvalue weighted by Gasteiger charge is -2.31. The van der Waals surface area contributed by atoms with Crippen LogP contribution in [0.2, 0.25) is 0 Å². The molecule has 116 valence electrons. The van der Waals surface area contributed by atoms with Crippen LogP contribution in [0.1, 0.15) is 46.0 Å². The first kappa shape index (κ1) is 14.7. The fourth-order valence-corrected chi connectivity index (χ4v) is 3.29.